The third kappa shape index (κ3) is 3.01. The fourth-order valence-corrected chi connectivity index (χ4v) is 2.76. The number of hydrogen-bond acceptors (Lipinski definition) is 3. The quantitative estimate of drug-likeness (QED) is 0.506. The predicted molar refractivity (Wildman–Crippen MR) is 86.6 cm³/mol. The molecular weight excluding hydrogens is 277 g/mol. The van der Waals surface area contributed by atoms with Gasteiger partial charge in [-0.25, -0.2) is 0 Å². The van der Waals surface area contributed by atoms with Gasteiger partial charge in [0.15, 0.2) is 5.78 Å². The van der Waals surface area contributed by atoms with E-state index in [0.717, 1.165) is 41.5 Å². The van der Waals surface area contributed by atoms with Gasteiger partial charge in [0.25, 0.3) is 0 Å². The molecule has 5 heteroatoms. The molecule has 0 saturated carbocycles. The molecule has 4 nitrogen and oxygen atoms in total. The maximum absolute atomic E-state index is 12.1. The topological polar surface area (TPSA) is 51.5 Å². The Morgan fingerprint density at radius 3 is 3.05 bits per heavy atom. The minimum absolute atomic E-state index is 0.191. The van der Waals surface area contributed by atoms with Crippen molar-refractivity contribution < 1.29 is 14.5 Å². The van der Waals surface area contributed by atoms with Gasteiger partial charge in [-0.1, -0.05) is 25.8 Å². The van der Waals surface area contributed by atoms with Crippen molar-refractivity contribution in [1.29, 1.82) is 0 Å². The third-order valence-corrected chi connectivity index (χ3v) is 4.11. The molecule has 2 heterocycles. The zero-order valence-corrected chi connectivity index (χ0v) is 12.8. The first-order valence-corrected chi connectivity index (χ1v) is 7.83. The minimum atomic E-state index is -0.847. The first-order chi connectivity index (χ1) is 10.7. The van der Waals surface area contributed by atoms with Gasteiger partial charge in [0.05, 0.1) is 6.61 Å². The highest BCUT2D eigenvalue weighted by Crippen LogP contribution is 2.17. The zero-order chi connectivity index (χ0) is 15.5. The van der Waals surface area contributed by atoms with Crippen molar-refractivity contribution in [3.05, 3.63) is 47.8 Å². The van der Waals surface area contributed by atoms with Crippen LogP contribution in [0, 0.1) is 0 Å². The smallest absolute Gasteiger partial charge is 0.423 e. The molecule has 1 aliphatic rings. The molecule has 0 radical (unpaired) electrons. The summed E-state index contributed by atoms with van der Waals surface area (Å²) in [5, 5.41) is 9.78. The van der Waals surface area contributed by atoms with Gasteiger partial charge >= 0.3 is 7.12 Å². The Bertz CT molecular complexity index is 680. The van der Waals surface area contributed by atoms with Gasteiger partial charge in [-0.3, -0.25) is 4.79 Å². The van der Waals surface area contributed by atoms with Gasteiger partial charge < -0.3 is 14.2 Å². The normalized spacial score (nSPS) is 13.5. The summed E-state index contributed by atoms with van der Waals surface area (Å²) in [6.07, 6.45) is 7.51. The number of nitrogens with zero attached hydrogens (tertiary/aromatic N) is 1. The van der Waals surface area contributed by atoms with Crippen molar-refractivity contribution >= 4 is 18.4 Å². The van der Waals surface area contributed by atoms with Crippen molar-refractivity contribution in [1.82, 2.24) is 4.57 Å². The molecule has 0 atom stereocenters. The molecule has 0 spiro atoms. The molecule has 0 fully saturated rings. The highest BCUT2D eigenvalue weighted by atomic mass is 16.5. The second-order valence-corrected chi connectivity index (χ2v) is 5.73. The maximum Gasteiger partial charge on any atom is 0.491 e. The highest BCUT2D eigenvalue weighted by molar-refractivity contribution is 6.61. The summed E-state index contributed by atoms with van der Waals surface area (Å²) in [6.45, 7) is 2.58. The SMILES string of the molecule is CCCCCC(=O)c1ccn(-c2ccc3c(c2)B(O)OC3)c1. The summed E-state index contributed by atoms with van der Waals surface area (Å²) >= 11 is 0. The van der Waals surface area contributed by atoms with Crippen LogP contribution in [-0.4, -0.2) is 22.5 Å². The van der Waals surface area contributed by atoms with E-state index in [4.69, 9.17) is 4.65 Å². The number of carbonyl (C=O) groups excluding carboxylic acids is 1. The van der Waals surface area contributed by atoms with Crippen LogP contribution in [0.2, 0.25) is 0 Å². The van der Waals surface area contributed by atoms with Gasteiger partial charge in [0, 0.05) is 30.1 Å². The molecule has 0 unspecified atom stereocenters. The van der Waals surface area contributed by atoms with E-state index in [2.05, 4.69) is 6.92 Å². The standard InChI is InChI=1S/C17H20BNO3/c1-2-3-4-5-17(20)13-8-9-19(11-13)15-7-6-14-12-22-18(21)16(14)10-15/h6-11,21H,2-5,12H2,1H3. The lowest BCUT2D eigenvalue weighted by Gasteiger charge is -2.05. The number of aromatic nitrogens is 1. The van der Waals surface area contributed by atoms with Crippen LogP contribution in [-0.2, 0) is 11.3 Å². The Morgan fingerprint density at radius 2 is 2.23 bits per heavy atom. The number of unbranched alkanes of at least 4 members (excludes halogenated alkanes) is 2. The molecule has 22 heavy (non-hydrogen) atoms. The van der Waals surface area contributed by atoms with Gasteiger partial charge in [-0.2, -0.15) is 0 Å². The molecule has 114 valence electrons. The van der Waals surface area contributed by atoms with E-state index >= 15 is 0 Å². The summed E-state index contributed by atoms with van der Waals surface area (Å²) < 4.78 is 7.12. The van der Waals surface area contributed by atoms with Gasteiger partial charge in [-0.15, -0.1) is 0 Å². The lowest BCUT2D eigenvalue weighted by atomic mass is 9.79. The molecule has 2 aromatic rings. The van der Waals surface area contributed by atoms with E-state index in [-0.39, 0.29) is 5.78 Å². The number of fused-ring (bicyclic) bond motifs is 1. The van der Waals surface area contributed by atoms with Gasteiger partial charge in [0.2, 0.25) is 0 Å². The Kier molecular flexibility index (Phi) is 4.45. The Balaban J connectivity index is 1.76. The van der Waals surface area contributed by atoms with Crippen LogP contribution in [0.15, 0.2) is 36.7 Å². The van der Waals surface area contributed by atoms with Crippen LogP contribution in [0.4, 0.5) is 0 Å². The molecule has 0 amide bonds. The van der Waals surface area contributed by atoms with Crippen LogP contribution in [0.25, 0.3) is 5.69 Å². The number of Topliss-reactive ketones (excluding diaryl/α,β-unsaturated/α-hetero) is 1. The fraction of sp³-hybridized carbons (Fsp3) is 0.353. The van der Waals surface area contributed by atoms with Crippen LogP contribution < -0.4 is 5.46 Å². The van der Waals surface area contributed by atoms with Crippen molar-refractivity contribution in [3.8, 4) is 5.69 Å². The monoisotopic (exact) mass is 297 g/mol. The summed E-state index contributed by atoms with van der Waals surface area (Å²) in [4.78, 5) is 12.1. The average Bonchev–Trinajstić information content (AvgIpc) is 3.15. The van der Waals surface area contributed by atoms with Gasteiger partial charge in [0.1, 0.15) is 0 Å². The van der Waals surface area contributed by atoms with Crippen molar-refractivity contribution in [3.63, 3.8) is 0 Å². The summed E-state index contributed by atoms with van der Waals surface area (Å²) in [6, 6.07) is 7.71. The predicted octanol–water partition coefficient (Wildman–Crippen LogP) is 2.46. The van der Waals surface area contributed by atoms with Crippen LogP contribution >= 0.6 is 0 Å². The highest BCUT2D eigenvalue weighted by Gasteiger charge is 2.27. The number of hydrogen-bond donors (Lipinski definition) is 1. The van der Waals surface area contributed by atoms with Crippen molar-refractivity contribution in [2.45, 2.75) is 39.2 Å². The van der Waals surface area contributed by atoms with Crippen molar-refractivity contribution in [2.24, 2.45) is 0 Å². The van der Waals surface area contributed by atoms with Crippen LogP contribution in [0.1, 0.15) is 48.5 Å². The van der Waals surface area contributed by atoms with Crippen LogP contribution in [0.3, 0.4) is 0 Å². The second kappa shape index (κ2) is 6.50. The molecule has 1 aromatic heterocycles. The number of rotatable bonds is 6. The molecule has 0 bridgehead atoms. The third-order valence-electron chi connectivity index (χ3n) is 4.11. The lowest BCUT2D eigenvalue weighted by Crippen LogP contribution is -2.28. The molecule has 1 aromatic carbocycles. The van der Waals surface area contributed by atoms with Crippen molar-refractivity contribution in [2.75, 3.05) is 0 Å². The molecular formula is C17H20BNO3. The average molecular weight is 297 g/mol. The summed E-state index contributed by atoms with van der Waals surface area (Å²) in [5.41, 5.74) is 3.49. The fourth-order valence-electron chi connectivity index (χ4n) is 2.76. The summed E-state index contributed by atoms with van der Waals surface area (Å²) in [5.74, 6) is 0.191. The van der Waals surface area contributed by atoms with E-state index < -0.39 is 7.12 Å². The zero-order valence-electron chi connectivity index (χ0n) is 12.8. The minimum Gasteiger partial charge on any atom is -0.423 e. The van der Waals surface area contributed by atoms with E-state index in [1.54, 1.807) is 0 Å². The lowest BCUT2D eigenvalue weighted by molar-refractivity contribution is 0.0979. The number of benzene rings is 1. The van der Waals surface area contributed by atoms with Gasteiger partial charge in [-0.05, 0) is 35.6 Å². The van der Waals surface area contributed by atoms with E-state index in [0.29, 0.717) is 13.0 Å². The Labute approximate surface area is 130 Å². The first-order valence-electron chi connectivity index (χ1n) is 7.83. The number of ketones is 1. The van der Waals surface area contributed by atoms with E-state index in [1.165, 1.54) is 0 Å². The molecule has 1 N–H and O–H groups in total. The molecule has 0 aliphatic carbocycles. The molecule has 3 rings (SSSR count). The van der Waals surface area contributed by atoms with E-state index in [9.17, 15) is 9.82 Å². The first kappa shape index (κ1) is 15.1. The number of carbonyl (C=O) groups is 1. The Morgan fingerprint density at radius 1 is 1.36 bits per heavy atom. The summed E-state index contributed by atoms with van der Waals surface area (Å²) in [7, 11) is -0.847. The second-order valence-electron chi connectivity index (χ2n) is 5.73. The van der Waals surface area contributed by atoms with Crippen LogP contribution in [0.5, 0.6) is 0 Å². The molecule has 0 saturated heterocycles. The Hall–Kier alpha value is -1.85. The van der Waals surface area contributed by atoms with E-state index in [1.807, 2.05) is 41.2 Å². The largest absolute Gasteiger partial charge is 0.491 e. The maximum atomic E-state index is 12.1. The molecule has 1 aliphatic heterocycles.